The van der Waals surface area contributed by atoms with Gasteiger partial charge in [-0.1, -0.05) is 0 Å². The average Bonchev–Trinajstić information content (AvgIpc) is 3.29. The zero-order chi connectivity index (χ0) is 24.1. The molecule has 0 spiro atoms. The van der Waals surface area contributed by atoms with Gasteiger partial charge in [0.25, 0.3) is 5.91 Å². The zero-order valence-electron chi connectivity index (χ0n) is 20.5. The normalized spacial score (nSPS) is 19.2. The molecule has 0 aromatic carbocycles. The predicted octanol–water partition coefficient (Wildman–Crippen LogP) is 2.22. The number of carbonyl (C=O) groups is 1. The van der Waals surface area contributed by atoms with Crippen LogP contribution in [0.1, 0.15) is 33.1 Å². The molecule has 9 nitrogen and oxygen atoms in total. The van der Waals surface area contributed by atoms with Crippen LogP contribution in [-0.4, -0.2) is 100 Å². The Morgan fingerprint density at radius 3 is 2.56 bits per heavy atom. The zero-order valence-corrected chi connectivity index (χ0v) is 20.5. The van der Waals surface area contributed by atoms with Crippen molar-refractivity contribution in [3.8, 4) is 6.07 Å². The van der Waals surface area contributed by atoms with E-state index in [-0.39, 0.29) is 11.5 Å². The highest BCUT2D eigenvalue weighted by Gasteiger charge is 2.39. The summed E-state index contributed by atoms with van der Waals surface area (Å²) in [5.41, 5.74) is 1.90. The monoisotopic (exact) mass is 465 g/mol. The number of likely N-dealkylation sites (tertiary alicyclic amines) is 1. The number of piperazine rings is 1. The van der Waals surface area contributed by atoms with Crippen LogP contribution in [0.25, 0.3) is 16.7 Å². The van der Waals surface area contributed by atoms with Crippen LogP contribution in [0, 0.1) is 11.3 Å². The number of ether oxygens (including phenoxy) is 1. The number of hydrogen-bond donors (Lipinski definition) is 0. The molecule has 0 radical (unpaired) electrons. The topological polar surface area (TPSA) is 90.5 Å². The van der Waals surface area contributed by atoms with Crippen LogP contribution in [0.15, 0.2) is 30.4 Å². The van der Waals surface area contributed by atoms with Gasteiger partial charge < -0.3 is 9.64 Å². The number of fused-ring (bicyclic) bond motifs is 1. The summed E-state index contributed by atoms with van der Waals surface area (Å²) in [5, 5.41) is 10.3. The Hall–Kier alpha value is -2.80. The highest BCUT2D eigenvalue weighted by Crippen LogP contribution is 2.34. The van der Waals surface area contributed by atoms with Crippen molar-refractivity contribution >= 4 is 22.6 Å². The molecular formula is C25H35N7O2. The fraction of sp³-hybridized carbons (Fsp3) is 0.600. The van der Waals surface area contributed by atoms with Crippen molar-refractivity contribution in [2.24, 2.45) is 0 Å². The second-order valence-electron chi connectivity index (χ2n) is 9.55. The molecule has 4 heterocycles. The van der Waals surface area contributed by atoms with Gasteiger partial charge in [0.05, 0.1) is 29.6 Å². The maximum absolute atomic E-state index is 13.7. The van der Waals surface area contributed by atoms with Crippen LogP contribution in [0.3, 0.4) is 0 Å². The van der Waals surface area contributed by atoms with Gasteiger partial charge in [-0.05, 0) is 39.2 Å². The molecule has 9 heteroatoms. The Labute approximate surface area is 201 Å². The van der Waals surface area contributed by atoms with Crippen LogP contribution < -0.4 is 0 Å². The number of aromatic nitrogens is 3. The van der Waals surface area contributed by atoms with Crippen molar-refractivity contribution < 1.29 is 9.53 Å². The molecule has 2 aliphatic rings. The number of hydrogen-bond acceptors (Lipinski definition) is 7. The quantitative estimate of drug-likeness (QED) is 0.457. The summed E-state index contributed by atoms with van der Waals surface area (Å²) in [6, 6.07) is 4.20. The lowest BCUT2D eigenvalue weighted by Gasteiger charge is -2.45. The van der Waals surface area contributed by atoms with E-state index in [1.165, 1.54) is 0 Å². The molecule has 182 valence electrons. The lowest BCUT2D eigenvalue weighted by molar-refractivity contribution is -0.127. The minimum absolute atomic E-state index is 0.181. The van der Waals surface area contributed by atoms with Gasteiger partial charge in [-0.25, -0.2) is 4.98 Å². The Kier molecular flexibility index (Phi) is 7.61. The Morgan fingerprint density at radius 2 is 1.88 bits per heavy atom. The third kappa shape index (κ3) is 4.85. The number of amides is 1. The van der Waals surface area contributed by atoms with Gasteiger partial charge in [0.2, 0.25) is 0 Å². The molecule has 4 rings (SSSR count). The summed E-state index contributed by atoms with van der Waals surface area (Å²) < 4.78 is 7.17. The first kappa shape index (κ1) is 24.3. The van der Waals surface area contributed by atoms with E-state index in [4.69, 9.17) is 4.74 Å². The summed E-state index contributed by atoms with van der Waals surface area (Å²) in [4.78, 5) is 29.0. The van der Waals surface area contributed by atoms with E-state index in [0.717, 1.165) is 63.0 Å². The summed E-state index contributed by atoms with van der Waals surface area (Å²) in [6.07, 6.45) is 8.24. The van der Waals surface area contributed by atoms with E-state index >= 15 is 0 Å². The van der Waals surface area contributed by atoms with E-state index in [2.05, 4.69) is 39.7 Å². The van der Waals surface area contributed by atoms with Gasteiger partial charge in [0.1, 0.15) is 23.5 Å². The van der Waals surface area contributed by atoms with Crippen LogP contribution in [0.4, 0.5) is 0 Å². The molecule has 0 bridgehead atoms. The van der Waals surface area contributed by atoms with Gasteiger partial charge in [0, 0.05) is 59.1 Å². The van der Waals surface area contributed by atoms with Crippen molar-refractivity contribution in [3.05, 3.63) is 30.4 Å². The standard InChI is InChI=1S/C25H35N7O2/c1-25(2,31-13-11-29(12-14-31)15-16-34-3)23(32-19-28-21-18-27-8-7-22(21)32)20(17-26)24(33)30-9-5-4-6-10-30/h7-8,18-19H,4-6,9-16H2,1-3H3. The average molecular weight is 466 g/mol. The van der Waals surface area contributed by atoms with E-state index in [1.807, 2.05) is 15.5 Å². The Bertz CT molecular complexity index is 1070. The molecule has 2 fully saturated rings. The number of rotatable bonds is 7. The molecule has 0 unspecified atom stereocenters. The third-order valence-corrected chi connectivity index (χ3v) is 7.15. The maximum atomic E-state index is 13.7. The fourth-order valence-corrected chi connectivity index (χ4v) is 5.12. The third-order valence-electron chi connectivity index (χ3n) is 7.15. The van der Waals surface area contributed by atoms with Crippen molar-refractivity contribution in [2.45, 2.75) is 38.6 Å². The molecule has 0 atom stereocenters. The number of imidazole rings is 1. The fourth-order valence-electron chi connectivity index (χ4n) is 5.12. The van der Waals surface area contributed by atoms with E-state index in [1.54, 1.807) is 25.8 Å². The predicted molar refractivity (Wildman–Crippen MR) is 131 cm³/mol. The minimum Gasteiger partial charge on any atom is -0.383 e. The smallest absolute Gasteiger partial charge is 0.266 e. The Balaban J connectivity index is 1.75. The highest BCUT2D eigenvalue weighted by molar-refractivity contribution is 6.04. The van der Waals surface area contributed by atoms with Gasteiger partial charge in [-0.15, -0.1) is 0 Å². The largest absolute Gasteiger partial charge is 0.383 e. The number of methoxy groups -OCH3 is 1. The number of carbonyl (C=O) groups excluding carboxylic acids is 1. The van der Waals surface area contributed by atoms with Gasteiger partial charge in [-0.2, -0.15) is 5.26 Å². The first-order chi connectivity index (χ1) is 16.5. The number of pyridine rings is 1. The summed E-state index contributed by atoms with van der Waals surface area (Å²) in [6.45, 7) is 10.7. The van der Waals surface area contributed by atoms with E-state index in [9.17, 15) is 10.1 Å². The molecule has 0 N–H and O–H groups in total. The minimum atomic E-state index is -0.569. The second-order valence-corrected chi connectivity index (χ2v) is 9.55. The molecule has 2 aromatic rings. The molecule has 2 aromatic heterocycles. The Morgan fingerprint density at radius 1 is 1.15 bits per heavy atom. The van der Waals surface area contributed by atoms with Crippen molar-refractivity contribution in [1.82, 2.24) is 29.2 Å². The number of nitrogens with zero attached hydrogens (tertiary/aromatic N) is 7. The lowest BCUT2D eigenvalue weighted by atomic mass is 9.91. The molecule has 1 amide bonds. The van der Waals surface area contributed by atoms with Gasteiger partial charge in [-0.3, -0.25) is 24.1 Å². The molecular weight excluding hydrogens is 430 g/mol. The van der Waals surface area contributed by atoms with Crippen molar-refractivity contribution in [2.75, 3.05) is 59.5 Å². The number of piperidine rings is 1. The molecule has 34 heavy (non-hydrogen) atoms. The van der Waals surface area contributed by atoms with Crippen LogP contribution in [0.5, 0.6) is 0 Å². The van der Waals surface area contributed by atoms with Crippen LogP contribution >= 0.6 is 0 Å². The maximum Gasteiger partial charge on any atom is 0.266 e. The van der Waals surface area contributed by atoms with Crippen LogP contribution in [-0.2, 0) is 9.53 Å². The highest BCUT2D eigenvalue weighted by atomic mass is 16.5. The summed E-state index contributed by atoms with van der Waals surface area (Å²) >= 11 is 0. The first-order valence-electron chi connectivity index (χ1n) is 12.1. The van der Waals surface area contributed by atoms with Crippen molar-refractivity contribution in [3.63, 3.8) is 0 Å². The molecule has 2 saturated heterocycles. The lowest BCUT2D eigenvalue weighted by Crippen LogP contribution is -2.56. The van der Waals surface area contributed by atoms with E-state index in [0.29, 0.717) is 25.4 Å². The van der Waals surface area contributed by atoms with Gasteiger partial charge >= 0.3 is 0 Å². The summed E-state index contributed by atoms with van der Waals surface area (Å²) in [5.74, 6) is -0.181. The second kappa shape index (κ2) is 10.6. The summed E-state index contributed by atoms with van der Waals surface area (Å²) in [7, 11) is 1.73. The first-order valence-corrected chi connectivity index (χ1v) is 12.1. The van der Waals surface area contributed by atoms with Gasteiger partial charge in [0.15, 0.2) is 0 Å². The molecule has 2 aliphatic heterocycles. The van der Waals surface area contributed by atoms with Crippen LogP contribution in [0.2, 0.25) is 0 Å². The molecule has 0 aliphatic carbocycles. The SMILES string of the molecule is COCCN1CCN(C(C)(C)C(=C(C#N)C(=O)N2CCCCC2)n2cnc3cnccc32)CC1. The van der Waals surface area contributed by atoms with Crippen molar-refractivity contribution in [1.29, 1.82) is 5.26 Å². The molecule has 0 saturated carbocycles. The number of nitriles is 1. The van der Waals surface area contributed by atoms with E-state index < -0.39 is 5.54 Å².